The number of benzene rings is 3. The van der Waals surface area contributed by atoms with E-state index in [0.717, 1.165) is 27.6 Å². The van der Waals surface area contributed by atoms with Crippen molar-refractivity contribution in [3.05, 3.63) is 77.6 Å². The average Bonchev–Trinajstić information content (AvgIpc) is 3.06. The van der Waals surface area contributed by atoms with Crippen molar-refractivity contribution < 1.29 is 13.9 Å². The molecule has 1 aliphatic rings. The van der Waals surface area contributed by atoms with Gasteiger partial charge in [0.05, 0.1) is 0 Å². The van der Waals surface area contributed by atoms with E-state index in [1.54, 1.807) is 12.1 Å². The van der Waals surface area contributed by atoms with E-state index in [9.17, 15) is 9.18 Å². The van der Waals surface area contributed by atoms with Gasteiger partial charge in [0.25, 0.3) is 5.91 Å². The Kier molecular flexibility index (Phi) is 3.65. The minimum atomic E-state index is -0.522. The van der Waals surface area contributed by atoms with Crippen molar-refractivity contribution in [1.29, 1.82) is 0 Å². The van der Waals surface area contributed by atoms with Crippen LogP contribution in [0.4, 0.5) is 4.39 Å². The van der Waals surface area contributed by atoms with Crippen LogP contribution in [0.2, 0.25) is 0 Å². The van der Waals surface area contributed by atoms with Gasteiger partial charge in [0.1, 0.15) is 11.6 Å². The zero-order valence-corrected chi connectivity index (χ0v) is 13.0. The van der Waals surface area contributed by atoms with Gasteiger partial charge in [-0.25, -0.2) is 4.39 Å². The minimum absolute atomic E-state index is 0.153. The SMILES string of the molecule is O=C(NCc1ccc(F)cc1)[C@@H]1Cc2c(ccc3ccccc23)O1. The van der Waals surface area contributed by atoms with E-state index in [1.165, 1.54) is 12.1 Å². The van der Waals surface area contributed by atoms with E-state index in [-0.39, 0.29) is 11.7 Å². The summed E-state index contributed by atoms with van der Waals surface area (Å²) in [6, 6.07) is 18.1. The first-order valence-electron chi connectivity index (χ1n) is 7.90. The quantitative estimate of drug-likeness (QED) is 0.800. The summed E-state index contributed by atoms with van der Waals surface area (Å²) in [5, 5.41) is 5.13. The van der Waals surface area contributed by atoms with E-state index in [2.05, 4.69) is 17.4 Å². The number of amides is 1. The summed E-state index contributed by atoms with van der Waals surface area (Å²) in [4.78, 5) is 12.4. The largest absolute Gasteiger partial charge is 0.480 e. The van der Waals surface area contributed by atoms with Gasteiger partial charge in [0.2, 0.25) is 0 Å². The molecule has 1 aliphatic heterocycles. The fourth-order valence-electron chi connectivity index (χ4n) is 3.07. The monoisotopic (exact) mass is 321 g/mol. The maximum atomic E-state index is 12.9. The Morgan fingerprint density at radius 2 is 1.88 bits per heavy atom. The lowest BCUT2D eigenvalue weighted by molar-refractivity contribution is -0.127. The second-order valence-electron chi connectivity index (χ2n) is 5.92. The van der Waals surface area contributed by atoms with Gasteiger partial charge in [-0.2, -0.15) is 0 Å². The number of hydrogen-bond acceptors (Lipinski definition) is 2. The van der Waals surface area contributed by atoms with E-state index < -0.39 is 6.10 Å². The first kappa shape index (κ1) is 14.7. The molecule has 0 aromatic heterocycles. The molecular formula is C20H16FNO2. The number of hydrogen-bond donors (Lipinski definition) is 1. The normalized spacial score (nSPS) is 15.8. The molecule has 1 atom stereocenters. The van der Waals surface area contributed by atoms with Crippen LogP contribution in [0, 0.1) is 5.82 Å². The number of nitrogens with one attached hydrogen (secondary N) is 1. The smallest absolute Gasteiger partial charge is 0.261 e. The van der Waals surface area contributed by atoms with E-state index in [1.807, 2.05) is 24.3 Å². The molecule has 120 valence electrons. The highest BCUT2D eigenvalue weighted by molar-refractivity contribution is 5.90. The lowest BCUT2D eigenvalue weighted by Crippen LogP contribution is -2.37. The lowest BCUT2D eigenvalue weighted by atomic mass is 10.0. The van der Waals surface area contributed by atoms with Crippen molar-refractivity contribution in [2.75, 3.05) is 0 Å². The highest BCUT2D eigenvalue weighted by Gasteiger charge is 2.30. The van der Waals surface area contributed by atoms with Gasteiger partial charge < -0.3 is 10.1 Å². The summed E-state index contributed by atoms with van der Waals surface area (Å²) in [5.41, 5.74) is 1.93. The Morgan fingerprint density at radius 1 is 1.08 bits per heavy atom. The molecule has 1 N–H and O–H groups in total. The second kappa shape index (κ2) is 5.96. The highest BCUT2D eigenvalue weighted by atomic mass is 19.1. The Labute approximate surface area is 139 Å². The van der Waals surface area contributed by atoms with Crippen LogP contribution in [0.3, 0.4) is 0 Å². The van der Waals surface area contributed by atoms with Gasteiger partial charge in [-0.1, -0.05) is 42.5 Å². The maximum absolute atomic E-state index is 12.9. The van der Waals surface area contributed by atoms with E-state index in [4.69, 9.17) is 4.74 Å². The molecule has 0 saturated carbocycles. The van der Waals surface area contributed by atoms with E-state index in [0.29, 0.717) is 13.0 Å². The molecule has 0 bridgehead atoms. The number of ether oxygens (including phenoxy) is 1. The molecule has 4 heteroatoms. The molecule has 3 aromatic carbocycles. The zero-order chi connectivity index (χ0) is 16.5. The van der Waals surface area contributed by atoms with Crippen molar-refractivity contribution >= 4 is 16.7 Å². The molecular weight excluding hydrogens is 305 g/mol. The van der Waals surface area contributed by atoms with Gasteiger partial charge >= 0.3 is 0 Å². The molecule has 24 heavy (non-hydrogen) atoms. The van der Waals surface area contributed by atoms with Crippen LogP contribution in [-0.4, -0.2) is 12.0 Å². The van der Waals surface area contributed by atoms with Gasteiger partial charge in [-0.15, -0.1) is 0 Å². The lowest BCUT2D eigenvalue weighted by Gasteiger charge is -2.11. The molecule has 3 aromatic rings. The molecule has 3 nitrogen and oxygen atoms in total. The van der Waals surface area contributed by atoms with Crippen LogP contribution in [-0.2, 0) is 17.8 Å². The molecule has 0 spiro atoms. The van der Waals surface area contributed by atoms with Crippen LogP contribution in [0.5, 0.6) is 5.75 Å². The van der Waals surface area contributed by atoms with Crippen molar-refractivity contribution in [3.63, 3.8) is 0 Å². The topological polar surface area (TPSA) is 38.3 Å². The summed E-state index contributed by atoms with van der Waals surface area (Å²) in [6.45, 7) is 0.357. The Hall–Kier alpha value is -2.88. The Morgan fingerprint density at radius 3 is 2.71 bits per heavy atom. The van der Waals surface area contributed by atoms with Crippen molar-refractivity contribution in [2.24, 2.45) is 0 Å². The van der Waals surface area contributed by atoms with Crippen molar-refractivity contribution in [2.45, 2.75) is 19.1 Å². The summed E-state index contributed by atoms with van der Waals surface area (Å²) in [7, 11) is 0. The molecule has 1 amide bonds. The van der Waals surface area contributed by atoms with Gasteiger partial charge in [0, 0.05) is 18.5 Å². The summed E-state index contributed by atoms with van der Waals surface area (Å²) < 4.78 is 18.7. The maximum Gasteiger partial charge on any atom is 0.261 e. The minimum Gasteiger partial charge on any atom is -0.480 e. The van der Waals surface area contributed by atoms with Gasteiger partial charge in [-0.05, 0) is 34.5 Å². The van der Waals surface area contributed by atoms with Gasteiger partial charge in [-0.3, -0.25) is 4.79 Å². The fourth-order valence-corrected chi connectivity index (χ4v) is 3.07. The summed E-state index contributed by atoms with van der Waals surface area (Å²) in [6.07, 6.45) is 0.0395. The van der Waals surface area contributed by atoms with Crippen LogP contribution in [0.1, 0.15) is 11.1 Å². The van der Waals surface area contributed by atoms with Gasteiger partial charge in [0.15, 0.2) is 6.10 Å². The third kappa shape index (κ3) is 2.71. The average molecular weight is 321 g/mol. The first-order chi connectivity index (χ1) is 11.7. The molecule has 4 rings (SSSR count). The standard InChI is InChI=1S/C20H16FNO2/c21-15-8-5-13(6-9-15)12-22-20(23)19-11-17-16-4-2-1-3-14(16)7-10-18(17)24-19/h1-10,19H,11-12H2,(H,22,23)/t19-/m0/s1. The fraction of sp³-hybridized carbons (Fsp3) is 0.150. The van der Waals surface area contributed by atoms with Crippen LogP contribution in [0.15, 0.2) is 60.7 Å². The second-order valence-corrected chi connectivity index (χ2v) is 5.92. The zero-order valence-electron chi connectivity index (χ0n) is 13.0. The van der Waals surface area contributed by atoms with Crippen molar-refractivity contribution in [1.82, 2.24) is 5.32 Å². The number of halogens is 1. The Balaban J connectivity index is 1.47. The number of fused-ring (bicyclic) bond motifs is 3. The number of carbonyl (C=O) groups is 1. The van der Waals surface area contributed by atoms with Crippen LogP contribution < -0.4 is 10.1 Å². The third-order valence-corrected chi connectivity index (χ3v) is 4.33. The number of rotatable bonds is 3. The van der Waals surface area contributed by atoms with Crippen LogP contribution >= 0.6 is 0 Å². The molecule has 0 fully saturated rings. The summed E-state index contributed by atoms with van der Waals surface area (Å²) in [5.74, 6) is 0.335. The molecule has 0 saturated heterocycles. The summed E-state index contributed by atoms with van der Waals surface area (Å²) >= 11 is 0. The van der Waals surface area contributed by atoms with Crippen molar-refractivity contribution in [3.8, 4) is 5.75 Å². The molecule has 0 radical (unpaired) electrons. The van der Waals surface area contributed by atoms with Crippen LogP contribution in [0.25, 0.3) is 10.8 Å². The predicted octanol–water partition coefficient (Wildman–Crippen LogP) is 3.60. The molecule has 0 aliphatic carbocycles. The number of carbonyl (C=O) groups excluding carboxylic acids is 1. The first-order valence-corrected chi connectivity index (χ1v) is 7.90. The highest BCUT2D eigenvalue weighted by Crippen LogP contribution is 2.35. The predicted molar refractivity (Wildman–Crippen MR) is 90.3 cm³/mol. The molecule has 0 unspecified atom stereocenters. The molecule has 1 heterocycles. The van der Waals surface area contributed by atoms with E-state index >= 15 is 0 Å². The third-order valence-electron chi connectivity index (χ3n) is 4.33. The Bertz CT molecular complexity index is 905.